The van der Waals surface area contributed by atoms with Crippen LogP contribution in [-0.2, 0) is 22.5 Å². The van der Waals surface area contributed by atoms with Gasteiger partial charge in [-0.25, -0.2) is 4.98 Å². The zero-order valence-electron chi connectivity index (χ0n) is 11.5. The zero-order valence-corrected chi connectivity index (χ0v) is 14.7. The highest BCUT2D eigenvalue weighted by atomic mass is 79.9. The van der Waals surface area contributed by atoms with E-state index in [4.69, 9.17) is 10.5 Å². The fourth-order valence-electron chi connectivity index (χ4n) is 1.55. The third kappa shape index (κ3) is 4.57. The van der Waals surface area contributed by atoms with E-state index in [1.807, 2.05) is 32.3 Å². The van der Waals surface area contributed by atoms with Crippen LogP contribution in [-0.4, -0.2) is 27.2 Å². The molecule has 0 spiro atoms. The van der Waals surface area contributed by atoms with Crippen LogP contribution in [0, 0.1) is 0 Å². The highest BCUT2D eigenvalue weighted by Gasteiger charge is 2.24. The Morgan fingerprint density at radius 3 is 2.53 bits per heavy atom. The van der Waals surface area contributed by atoms with Crippen LogP contribution in [0.3, 0.4) is 0 Å². The molecule has 0 amide bonds. The second-order valence-electron chi connectivity index (χ2n) is 5.21. The summed E-state index contributed by atoms with van der Waals surface area (Å²) in [6.07, 6.45) is 0.755. The fraction of sp³-hybridized carbons (Fsp3) is 0.667. The average Bonchev–Trinajstić information content (AvgIpc) is 2.54. The Bertz CT molecular complexity index is 466. The summed E-state index contributed by atoms with van der Waals surface area (Å²) in [7, 11) is 0. The predicted molar refractivity (Wildman–Crippen MR) is 80.8 cm³/mol. The molecule has 1 unspecified atom stereocenters. The van der Waals surface area contributed by atoms with Crippen molar-refractivity contribution in [2.45, 2.75) is 52.3 Å². The number of aromatic nitrogens is 2. The number of esters is 1. The van der Waals surface area contributed by atoms with Crippen molar-refractivity contribution >= 4 is 37.8 Å². The Morgan fingerprint density at radius 2 is 2.05 bits per heavy atom. The van der Waals surface area contributed by atoms with Crippen LogP contribution in [0.1, 0.15) is 33.5 Å². The lowest BCUT2D eigenvalue weighted by atomic mass is 10.2. The van der Waals surface area contributed by atoms with Gasteiger partial charge >= 0.3 is 5.97 Å². The molecule has 1 rings (SSSR count). The number of hydrogen-bond donors (Lipinski definition) is 1. The van der Waals surface area contributed by atoms with Gasteiger partial charge in [0.2, 0.25) is 0 Å². The number of imidazole rings is 1. The summed E-state index contributed by atoms with van der Waals surface area (Å²) in [5.74, 6) is 0.448. The quantitative estimate of drug-likeness (QED) is 0.794. The monoisotopic (exact) mass is 395 g/mol. The Balaban J connectivity index is 2.82. The number of nitrogens with two attached hydrogens (primary N) is 1. The predicted octanol–water partition coefficient (Wildman–Crippen LogP) is 2.64. The van der Waals surface area contributed by atoms with Gasteiger partial charge in [-0.05, 0) is 52.6 Å². The van der Waals surface area contributed by atoms with Gasteiger partial charge in [0.1, 0.15) is 26.7 Å². The summed E-state index contributed by atoms with van der Waals surface area (Å²) >= 11 is 6.77. The number of carbonyl (C=O) groups is 1. The molecule has 0 bridgehead atoms. The van der Waals surface area contributed by atoms with Gasteiger partial charge in [0.05, 0.1) is 6.54 Å². The molecule has 0 aliphatic heterocycles. The topological polar surface area (TPSA) is 70.1 Å². The molecule has 0 aliphatic rings. The summed E-state index contributed by atoms with van der Waals surface area (Å²) in [5.41, 5.74) is 5.37. The number of hydrogen-bond acceptors (Lipinski definition) is 4. The van der Waals surface area contributed by atoms with E-state index in [1.54, 1.807) is 0 Å². The van der Waals surface area contributed by atoms with Crippen molar-refractivity contribution in [2.75, 3.05) is 0 Å². The van der Waals surface area contributed by atoms with E-state index >= 15 is 0 Å². The first kappa shape index (κ1) is 16.7. The molecule has 1 aromatic rings. The van der Waals surface area contributed by atoms with E-state index in [0.29, 0.717) is 11.1 Å². The molecule has 19 heavy (non-hydrogen) atoms. The number of carbonyl (C=O) groups excluding carboxylic acids is 1. The van der Waals surface area contributed by atoms with E-state index in [9.17, 15) is 4.79 Å². The molecule has 2 N–H and O–H groups in total. The molecule has 1 aromatic heterocycles. The van der Waals surface area contributed by atoms with Crippen LogP contribution >= 0.6 is 31.9 Å². The summed E-state index contributed by atoms with van der Waals surface area (Å²) in [4.78, 5) is 16.2. The normalized spacial score (nSPS) is 13.4. The molecular weight excluding hydrogens is 378 g/mol. The first-order chi connectivity index (χ1) is 8.65. The van der Waals surface area contributed by atoms with Gasteiger partial charge < -0.3 is 15.0 Å². The lowest BCUT2D eigenvalue weighted by Crippen LogP contribution is -2.40. The first-order valence-corrected chi connectivity index (χ1v) is 7.63. The molecule has 0 saturated carbocycles. The number of aryl methyl sites for hydroxylation is 1. The third-order valence-corrected chi connectivity index (χ3v) is 4.24. The molecule has 0 saturated heterocycles. The van der Waals surface area contributed by atoms with E-state index in [1.165, 1.54) is 0 Å². The summed E-state index contributed by atoms with van der Waals surface area (Å²) in [5, 5.41) is 0. The van der Waals surface area contributed by atoms with Gasteiger partial charge in [0.25, 0.3) is 0 Å². The molecule has 7 heteroatoms. The van der Waals surface area contributed by atoms with E-state index < -0.39 is 17.6 Å². The van der Waals surface area contributed by atoms with E-state index in [-0.39, 0.29) is 0 Å². The maximum atomic E-state index is 11.9. The lowest BCUT2D eigenvalue weighted by Gasteiger charge is -2.22. The van der Waals surface area contributed by atoms with Crippen molar-refractivity contribution in [1.29, 1.82) is 0 Å². The Labute approximate surface area is 130 Å². The summed E-state index contributed by atoms with van der Waals surface area (Å²) in [6.45, 7) is 7.78. The van der Waals surface area contributed by atoms with Crippen LogP contribution < -0.4 is 5.73 Å². The molecule has 0 fully saturated rings. The van der Waals surface area contributed by atoms with Crippen LogP contribution in [0.4, 0.5) is 0 Å². The van der Waals surface area contributed by atoms with Gasteiger partial charge in [-0.2, -0.15) is 0 Å². The number of halogens is 2. The van der Waals surface area contributed by atoms with Crippen molar-refractivity contribution in [3.63, 3.8) is 0 Å². The Kier molecular flexibility index (Phi) is 5.58. The highest BCUT2D eigenvalue weighted by molar-refractivity contribution is 9.13. The molecular formula is C12H19Br2N3O2. The standard InChI is InChI=1S/C12H19Br2N3O2/c1-5-8-16-9(13)10(14)17(8)6-7(15)11(18)19-12(2,3)4/h7H,5-6,15H2,1-4H3. The second-order valence-corrected chi connectivity index (χ2v) is 6.72. The van der Waals surface area contributed by atoms with Crippen LogP contribution in [0.2, 0.25) is 0 Å². The average molecular weight is 397 g/mol. The number of ether oxygens (including phenoxy) is 1. The Hall–Kier alpha value is -0.400. The second kappa shape index (κ2) is 6.37. The van der Waals surface area contributed by atoms with Crippen LogP contribution in [0.25, 0.3) is 0 Å². The van der Waals surface area contributed by atoms with Gasteiger partial charge in [-0.15, -0.1) is 0 Å². The van der Waals surface area contributed by atoms with Gasteiger partial charge in [0.15, 0.2) is 0 Å². The van der Waals surface area contributed by atoms with Crippen LogP contribution in [0.5, 0.6) is 0 Å². The minimum absolute atomic E-state index is 0.331. The Morgan fingerprint density at radius 1 is 1.47 bits per heavy atom. The molecule has 1 heterocycles. The lowest BCUT2D eigenvalue weighted by molar-refractivity contribution is -0.156. The molecule has 0 aromatic carbocycles. The zero-order chi connectivity index (χ0) is 14.8. The van der Waals surface area contributed by atoms with Gasteiger partial charge in [0, 0.05) is 6.42 Å². The molecule has 0 aliphatic carbocycles. The summed E-state index contributed by atoms with van der Waals surface area (Å²) in [6, 6.07) is -0.720. The summed E-state index contributed by atoms with van der Waals surface area (Å²) < 4.78 is 8.63. The van der Waals surface area contributed by atoms with Gasteiger partial charge in [-0.3, -0.25) is 4.79 Å². The molecule has 108 valence electrons. The minimum Gasteiger partial charge on any atom is -0.459 e. The first-order valence-electron chi connectivity index (χ1n) is 6.04. The minimum atomic E-state index is -0.720. The number of rotatable bonds is 4. The largest absolute Gasteiger partial charge is 0.459 e. The van der Waals surface area contributed by atoms with Crippen molar-refractivity contribution in [1.82, 2.24) is 9.55 Å². The van der Waals surface area contributed by atoms with E-state index in [0.717, 1.165) is 16.8 Å². The maximum Gasteiger partial charge on any atom is 0.325 e. The highest BCUT2D eigenvalue weighted by Crippen LogP contribution is 2.24. The van der Waals surface area contributed by atoms with E-state index in [2.05, 4.69) is 36.8 Å². The van der Waals surface area contributed by atoms with Crippen molar-refractivity contribution < 1.29 is 9.53 Å². The third-order valence-electron chi connectivity index (χ3n) is 2.35. The van der Waals surface area contributed by atoms with Gasteiger partial charge in [-0.1, -0.05) is 6.92 Å². The van der Waals surface area contributed by atoms with Crippen molar-refractivity contribution in [2.24, 2.45) is 5.73 Å². The van der Waals surface area contributed by atoms with Crippen molar-refractivity contribution in [3.05, 3.63) is 15.0 Å². The molecule has 0 radical (unpaired) electrons. The van der Waals surface area contributed by atoms with Crippen LogP contribution in [0.15, 0.2) is 9.21 Å². The number of nitrogens with zero attached hydrogens (tertiary/aromatic N) is 2. The fourth-order valence-corrected chi connectivity index (χ4v) is 2.41. The molecule has 1 atom stereocenters. The molecule has 5 nitrogen and oxygen atoms in total. The van der Waals surface area contributed by atoms with Crippen molar-refractivity contribution in [3.8, 4) is 0 Å². The maximum absolute atomic E-state index is 11.9. The smallest absolute Gasteiger partial charge is 0.325 e. The SMILES string of the molecule is CCc1nc(Br)c(Br)n1CC(N)C(=O)OC(C)(C)C.